The van der Waals surface area contributed by atoms with Crippen LogP contribution in [0.5, 0.6) is 0 Å². The fourth-order valence-electron chi connectivity index (χ4n) is 4.21. The van der Waals surface area contributed by atoms with Crippen molar-refractivity contribution in [3.63, 3.8) is 0 Å². The Bertz CT molecular complexity index is 1130. The van der Waals surface area contributed by atoms with Crippen LogP contribution in [0.2, 0.25) is 0 Å². The van der Waals surface area contributed by atoms with Crippen LogP contribution in [0.4, 0.5) is 5.00 Å². The molecule has 0 saturated carbocycles. The van der Waals surface area contributed by atoms with Crippen LogP contribution in [0.1, 0.15) is 71.7 Å². The first-order valence-corrected chi connectivity index (χ1v) is 14.1. The number of rotatable bonds is 9. The van der Waals surface area contributed by atoms with Gasteiger partial charge in [0.15, 0.2) is 0 Å². The molecule has 1 aliphatic carbocycles. The number of nitrogens with one attached hydrogen (secondary N) is 2. The molecule has 1 heterocycles. The van der Waals surface area contributed by atoms with E-state index in [-0.39, 0.29) is 28.5 Å². The van der Waals surface area contributed by atoms with E-state index < -0.39 is 10.0 Å². The first-order chi connectivity index (χ1) is 16.0. The predicted molar refractivity (Wildman–Crippen MR) is 137 cm³/mol. The molecule has 1 aromatic heterocycles. The summed E-state index contributed by atoms with van der Waals surface area (Å²) in [5, 5.41) is 6.12. The van der Waals surface area contributed by atoms with E-state index in [0.29, 0.717) is 29.2 Å². The Kier molecular flexibility index (Phi) is 8.54. The highest BCUT2D eigenvalue weighted by Gasteiger charge is 2.28. The molecule has 1 aromatic carbocycles. The van der Waals surface area contributed by atoms with Gasteiger partial charge in [-0.25, -0.2) is 8.42 Å². The summed E-state index contributed by atoms with van der Waals surface area (Å²) in [5.41, 5.74) is 1.92. The van der Waals surface area contributed by atoms with E-state index >= 15 is 0 Å². The van der Waals surface area contributed by atoms with Crippen LogP contribution in [0.25, 0.3) is 0 Å². The Balaban J connectivity index is 1.83. The molecule has 2 N–H and O–H groups in total. The quantitative estimate of drug-likeness (QED) is 0.523. The van der Waals surface area contributed by atoms with E-state index in [4.69, 9.17) is 0 Å². The summed E-state index contributed by atoms with van der Waals surface area (Å²) in [6.07, 6.45) is 3.85. The van der Waals surface area contributed by atoms with Gasteiger partial charge in [0.2, 0.25) is 10.0 Å². The van der Waals surface area contributed by atoms with Gasteiger partial charge in [0, 0.05) is 30.6 Å². The minimum atomic E-state index is -3.67. The zero-order valence-corrected chi connectivity index (χ0v) is 22.2. The van der Waals surface area contributed by atoms with E-state index in [1.807, 2.05) is 27.7 Å². The lowest BCUT2D eigenvalue weighted by molar-refractivity contribution is 0.0963. The predicted octanol–water partition coefficient (Wildman–Crippen LogP) is 4.54. The van der Waals surface area contributed by atoms with E-state index in [1.165, 1.54) is 39.9 Å². The lowest BCUT2D eigenvalue weighted by Gasteiger charge is -2.25. The summed E-state index contributed by atoms with van der Waals surface area (Å²) in [6.45, 7) is 8.84. The van der Waals surface area contributed by atoms with Crippen LogP contribution >= 0.6 is 11.3 Å². The molecule has 0 bridgehead atoms. The molecule has 0 spiro atoms. The first-order valence-electron chi connectivity index (χ1n) is 11.8. The molecule has 1 aliphatic rings. The lowest BCUT2D eigenvalue weighted by Crippen LogP contribution is -2.37. The van der Waals surface area contributed by atoms with Crippen molar-refractivity contribution in [3.8, 4) is 0 Å². The number of hydrogen-bond donors (Lipinski definition) is 2. The molecule has 9 heteroatoms. The third-order valence-corrected chi connectivity index (χ3v) is 8.80. The molecule has 3 rings (SSSR count). The summed E-state index contributed by atoms with van der Waals surface area (Å²) in [6, 6.07) is 6.02. The maximum absolute atomic E-state index is 13.2. The zero-order valence-electron chi connectivity index (χ0n) is 20.6. The Morgan fingerprint density at radius 3 is 2.12 bits per heavy atom. The Morgan fingerprint density at radius 1 is 0.971 bits per heavy atom. The number of nitrogens with zero attached hydrogens (tertiary/aromatic N) is 1. The van der Waals surface area contributed by atoms with Gasteiger partial charge in [-0.1, -0.05) is 27.7 Å². The van der Waals surface area contributed by atoms with Crippen molar-refractivity contribution in [2.45, 2.75) is 58.3 Å². The SMILES string of the molecule is CNC(=O)c1c(NC(=O)c2ccc(S(=O)(=O)N(CC(C)C)CC(C)C)cc2)sc2c1CCCC2. The number of fused-ring (bicyclic) bond motifs is 1. The maximum atomic E-state index is 13.2. The third-order valence-electron chi connectivity index (χ3n) is 5.74. The van der Waals surface area contributed by atoms with Crippen molar-refractivity contribution in [1.82, 2.24) is 9.62 Å². The number of amides is 2. The number of carbonyl (C=O) groups is 2. The van der Waals surface area contributed by atoms with E-state index in [0.717, 1.165) is 36.1 Å². The van der Waals surface area contributed by atoms with Crippen LogP contribution in [-0.2, 0) is 22.9 Å². The van der Waals surface area contributed by atoms with Crippen LogP contribution in [0.15, 0.2) is 29.2 Å². The number of carbonyl (C=O) groups excluding carboxylic acids is 2. The van der Waals surface area contributed by atoms with Crippen LogP contribution in [0.3, 0.4) is 0 Å². The van der Waals surface area contributed by atoms with Gasteiger partial charge in [-0.15, -0.1) is 11.3 Å². The molecule has 186 valence electrons. The molecule has 0 radical (unpaired) electrons. The van der Waals surface area contributed by atoms with E-state index in [1.54, 1.807) is 7.05 Å². The van der Waals surface area contributed by atoms with Crippen molar-refractivity contribution in [1.29, 1.82) is 0 Å². The fraction of sp³-hybridized carbons (Fsp3) is 0.520. The molecule has 7 nitrogen and oxygen atoms in total. The summed E-state index contributed by atoms with van der Waals surface area (Å²) >= 11 is 1.46. The summed E-state index contributed by atoms with van der Waals surface area (Å²) < 4.78 is 28.0. The van der Waals surface area contributed by atoms with Gasteiger partial charge in [0.05, 0.1) is 10.5 Å². The number of benzene rings is 1. The van der Waals surface area contributed by atoms with Crippen molar-refractivity contribution in [2.24, 2.45) is 11.8 Å². The second kappa shape index (κ2) is 11.0. The van der Waals surface area contributed by atoms with Gasteiger partial charge in [-0.05, 0) is 67.3 Å². The second-order valence-corrected chi connectivity index (χ2v) is 12.6. The average molecular weight is 506 g/mol. The average Bonchev–Trinajstić information content (AvgIpc) is 3.15. The highest BCUT2D eigenvalue weighted by atomic mass is 32.2. The van der Waals surface area contributed by atoms with Crippen LogP contribution in [-0.4, -0.2) is 44.7 Å². The highest BCUT2D eigenvalue weighted by Crippen LogP contribution is 2.38. The van der Waals surface area contributed by atoms with Gasteiger partial charge < -0.3 is 10.6 Å². The summed E-state index contributed by atoms with van der Waals surface area (Å²) in [5.74, 6) is -0.171. The number of thiophene rings is 1. The van der Waals surface area contributed by atoms with Crippen LogP contribution in [0, 0.1) is 11.8 Å². The molecular weight excluding hydrogens is 470 g/mol. The van der Waals surface area contributed by atoms with Gasteiger partial charge in [0.25, 0.3) is 11.8 Å². The third kappa shape index (κ3) is 5.87. The van der Waals surface area contributed by atoms with Gasteiger partial charge in [0.1, 0.15) is 5.00 Å². The van der Waals surface area contributed by atoms with Crippen molar-refractivity contribution >= 4 is 38.2 Å². The molecule has 2 amide bonds. The first kappa shape index (κ1) is 26.4. The Morgan fingerprint density at radius 2 is 1.56 bits per heavy atom. The monoisotopic (exact) mass is 505 g/mol. The summed E-state index contributed by atoms with van der Waals surface area (Å²) in [4.78, 5) is 26.8. The molecular formula is C25H35N3O4S2. The second-order valence-electron chi connectivity index (χ2n) is 9.58. The lowest BCUT2D eigenvalue weighted by atomic mass is 9.95. The Labute approximate surface area is 207 Å². The number of anilines is 1. The van der Waals surface area contributed by atoms with E-state index in [2.05, 4.69) is 10.6 Å². The molecule has 34 heavy (non-hydrogen) atoms. The van der Waals surface area contributed by atoms with Crippen molar-refractivity contribution in [2.75, 3.05) is 25.5 Å². The van der Waals surface area contributed by atoms with Crippen molar-refractivity contribution in [3.05, 3.63) is 45.8 Å². The molecule has 2 aromatic rings. The number of hydrogen-bond acceptors (Lipinski definition) is 5. The summed E-state index contributed by atoms with van der Waals surface area (Å²) in [7, 11) is -2.08. The number of aryl methyl sites for hydroxylation is 1. The number of sulfonamides is 1. The Hall–Kier alpha value is -2.23. The molecule has 0 aliphatic heterocycles. The largest absolute Gasteiger partial charge is 0.355 e. The van der Waals surface area contributed by atoms with Gasteiger partial charge in [-0.3, -0.25) is 9.59 Å². The topological polar surface area (TPSA) is 95.6 Å². The van der Waals surface area contributed by atoms with Crippen LogP contribution < -0.4 is 10.6 Å². The molecule has 0 saturated heterocycles. The van der Waals surface area contributed by atoms with Crippen molar-refractivity contribution < 1.29 is 18.0 Å². The molecule has 0 atom stereocenters. The standard InChI is InChI=1S/C25H35N3O4S2/c1-16(2)14-28(15-17(3)4)34(31,32)19-12-10-18(11-13-19)23(29)27-25-22(24(30)26-5)20-8-6-7-9-21(20)33-25/h10-13,16-17H,6-9,14-15H2,1-5H3,(H,26,30)(H,27,29). The fourth-order valence-corrected chi connectivity index (χ4v) is 7.26. The van der Waals surface area contributed by atoms with Gasteiger partial charge >= 0.3 is 0 Å². The highest BCUT2D eigenvalue weighted by molar-refractivity contribution is 7.89. The normalized spacial score (nSPS) is 13.9. The van der Waals surface area contributed by atoms with E-state index in [9.17, 15) is 18.0 Å². The minimum absolute atomic E-state index is 0.169. The minimum Gasteiger partial charge on any atom is -0.355 e. The molecule has 0 unspecified atom stereocenters. The maximum Gasteiger partial charge on any atom is 0.256 e. The smallest absolute Gasteiger partial charge is 0.256 e. The van der Waals surface area contributed by atoms with Gasteiger partial charge in [-0.2, -0.15) is 4.31 Å². The molecule has 0 fully saturated rings. The zero-order chi connectivity index (χ0) is 25.0.